The molecule has 0 saturated heterocycles. The van der Waals surface area contributed by atoms with Gasteiger partial charge in [-0.2, -0.15) is 0 Å². The molecule has 15 heavy (non-hydrogen) atoms. The third-order valence-corrected chi connectivity index (χ3v) is 4.11. The molecule has 4 heteroatoms. The van der Waals surface area contributed by atoms with Gasteiger partial charge in [-0.1, -0.05) is 0 Å². The second-order valence-corrected chi connectivity index (χ2v) is 4.93. The maximum atomic E-state index is 11.1. The molecule has 0 saturated carbocycles. The van der Waals surface area contributed by atoms with Crippen molar-refractivity contribution < 1.29 is 14.3 Å². The van der Waals surface area contributed by atoms with E-state index in [4.69, 9.17) is 4.74 Å². The number of ether oxygens (including phenoxy) is 2. The first kappa shape index (κ1) is 14.9. The zero-order valence-corrected chi connectivity index (χ0v) is 12.2. The quantitative estimate of drug-likeness (QED) is 0.526. The van der Waals surface area contributed by atoms with E-state index in [2.05, 4.69) is 11.7 Å². The van der Waals surface area contributed by atoms with Crippen LogP contribution in [0.4, 0.5) is 0 Å². The zero-order chi connectivity index (χ0) is 11.8. The molecule has 0 aromatic carbocycles. The molecule has 0 spiro atoms. The number of carbonyl (C=O) groups excluding carboxylic acids is 1. The molecule has 88 valence electrons. The van der Waals surface area contributed by atoms with Crippen LogP contribution in [0.3, 0.4) is 0 Å². The maximum absolute atomic E-state index is 11.1. The van der Waals surface area contributed by atoms with Crippen LogP contribution in [0.5, 0.6) is 0 Å². The van der Waals surface area contributed by atoms with Crippen LogP contribution >= 0.6 is 0 Å². The van der Waals surface area contributed by atoms with Crippen molar-refractivity contribution >= 4 is 31.5 Å². The summed E-state index contributed by atoms with van der Waals surface area (Å²) in [7, 11) is 3.14. The third-order valence-electron chi connectivity index (χ3n) is 2.48. The molecular formula is C11H20O3Te. The Morgan fingerprint density at radius 2 is 1.67 bits per heavy atom. The van der Waals surface area contributed by atoms with Gasteiger partial charge in [0.15, 0.2) is 0 Å². The van der Waals surface area contributed by atoms with Crippen molar-refractivity contribution in [2.75, 3.05) is 14.2 Å². The summed E-state index contributed by atoms with van der Waals surface area (Å²) in [6, 6.07) is 0. The molecule has 0 amide bonds. The van der Waals surface area contributed by atoms with Gasteiger partial charge in [-0.25, -0.2) is 0 Å². The summed E-state index contributed by atoms with van der Waals surface area (Å²) < 4.78 is 10.9. The fourth-order valence-electron chi connectivity index (χ4n) is 1.37. The van der Waals surface area contributed by atoms with Gasteiger partial charge in [-0.15, -0.1) is 0 Å². The van der Waals surface area contributed by atoms with E-state index in [1.165, 1.54) is 7.11 Å². The summed E-state index contributed by atoms with van der Waals surface area (Å²) >= 11 is 1.92. The number of methoxy groups -OCH3 is 2. The standard InChI is InChI=1S/C11H20O3Te/c1-8(10(12)13-3)6-5-7-9(2)11(15)14-4/h8-9H,5-7H2,1-4H3. The van der Waals surface area contributed by atoms with Crippen molar-refractivity contribution in [3.8, 4) is 0 Å². The molecular weight excluding hydrogens is 308 g/mol. The van der Waals surface area contributed by atoms with Crippen LogP contribution < -0.4 is 0 Å². The van der Waals surface area contributed by atoms with Crippen molar-refractivity contribution in [2.45, 2.75) is 33.1 Å². The first-order valence-electron chi connectivity index (χ1n) is 5.18. The van der Waals surface area contributed by atoms with E-state index >= 15 is 0 Å². The van der Waals surface area contributed by atoms with Crippen LogP contribution in [0.1, 0.15) is 33.1 Å². The van der Waals surface area contributed by atoms with E-state index < -0.39 is 0 Å². The average Bonchev–Trinajstić information content (AvgIpc) is 2.26. The van der Waals surface area contributed by atoms with Crippen LogP contribution in [0.25, 0.3) is 0 Å². The van der Waals surface area contributed by atoms with E-state index in [0.717, 1.165) is 23.0 Å². The van der Waals surface area contributed by atoms with Gasteiger partial charge in [0.1, 0.15) is 0 Å². The Bertz CT molecular complexity index is 194. The van der Waals surface area contributed by atoms with E-state index in [0.29, 0.717) is 5.92 Å². The predicted octanol–water partition coefficient (Wildman–Crippen LogP) is 1.55. The van der Waals surface area contributed by atoms with Gasteiger partial charge in [0.05, 0.1) is 0 Å². The molecule has 0 aliphatic carbocycles. The van der Waals surface area contributed by atoms with Crippen LogP contribution in [0.2, 0.25) is 0 Å². The minimum absolute atomic E-state index is 0.00549. The molecule has 0 aromatic heterocycles. The van der Waals surface area contributed by atoms with Gasteiger partial charge in [0.2, 0.25) is 0 Å². The number of hydrogen-bond acceptors (Lipinski definition) is 3. The van der Waals surface area contributed by atoms with Gasteiger partial charge in [-0.3, -0.25) is 0 Å². The molecule has 0 aliphatic heterocycles. The van der Waals surface area contributed by atoms with Crippen molar-refractivity contribution in [3.63, 3.8) is 0 Å². The summed E-state index contributed by atoms with van der Waals surface area (Å²) in [5, 5.41) is 0. The molecule has 2 atom stereocenters. The SMILES string of the molecule is COC(=O)C(C)CCCC(C)C(=[Te])OC. The molecule has 0 N–H and O–H groups in total. The van der Waals surface area contributed by atoms with Gasteiger partial charge in [-0.05, 0) is 0 Å². The minimum atomic E-state index is -0.115. The number of rotatable bonds is 7. The van der Waals surface area contributed by atoms with Crippen LogP contribution in [-0.2, 0) is 14.3 Å². The summed E-state index contributed by atoms with van der Waals surface area (Å²) in [6.07, 6.45) is 2.97. The van der Waals surface area contributed by atoms with Crippen molar-refractivity contribution in [2.24, 2.45) is 11.8 Å². The first-order chi connectivity index (χ1) is 7.02. The first-order valence-corrected chi connectivity index (χ1v) is 6.35. The summed E-state index contributed by atoms with van der Waals surface area (Å²) in [5.74, 6) is 0.353. The number of esters is 1. The molecule has 3 nitrogen and oxygen atoms in total. The Kier molecular flexibility index (Phi) is 8.09. The van der Waals surface area contributed by atoms with Crippen LogP contribution in [0, 0.1) is 11.8 Å². The molecule has 2 unspecified atom stereocenters. The van der Waals surface area contributed by atoms with Gasteiger partial charge >= 0.3 is 105 Å². The van der Waals surface area contributed by atoms with E-state index in [1.54, 1.807) is 7.11 Å². The number of carbonyl (C=O) groups is 1. The Labute approximate surface area is 105 Å². The summed E-state index contributed by atoms with van der Waals surface area (Å²) in [5.41, 5.74) is 0. The molecule has 0 heterocycles. The molecule has 0 fully saturated rings. The van der Waals surface area contributed by atoms with Crippen molar-refractivity contribution in [1.82, 2.24) is 0 Å². The van der Waals surface area contributed by atoms with Crippen LogP contribution in [0.15, 0.2) is 0 Å². The molecule has 0 aromatic rings. The van der Waals surface area contributed by atoms with E-state index in [1.807, 2.05) is 28.7 Å². The zero-order valence-electron chi connectivity index (χ0n) is 9.91. The third kappa shape index (κ3) is 6.17. The Morgan fingerprint density at radius 1 is 1.13 bits per heavy atom. The number of hydrogen-bond donors (Lipinski definition) is 0. The Hall–Kier alpha value is -0.0704. The van der Waals surface area contributed by atoms with E-state index in [9.17, 15) is 4.79 Å². The normalized spacial score (nSPS) is 14.1. The fraction of sp³-hybridized carbons (Fsp3) is 0.818. The fourth-order valence-corrected chi connectivity index (χ4v) is 1.70. The predicted molar refractivity (Wildman–Crippen MR) is 62.0 cm³/mol. The van der Waals surface area contributed by atoms with Crippen molar-refractivity contribution in [3.05, 3.63) is 0 Å². The van der Waals surface area contributed by atoms with Crippen LogP contribution in [-0.4, -0.2) is 45.7 Å². The average molecular weight is 328 g/mol. The van der Waals surface area contributed by atoms with Gasteiger partial charge in [0.25, 0.3) is 0 Å². The molecule has 0 bridgehead atoms. The van der Waals surface area contributed by atoms with Crippen molar-refractivity contribution in [1.29, 1.82) is 0 Å². The monoisotopic (exact) mass is 330 g/mol. The van der Waals surface area contributed by atoms with Gasteiger partial charge in [0, 0.05) is 0 Å². The topological polar surface area (TPSA) is 35.5 Å². The molecule has 0 radical (unpaired) electrons. The van der Waals surface area contributed by atoms with Gasteiger partial charge < -0.3 is 0 Å². The summed E-state index contributed by atoms with van der Waals surface area (Å²) in [6.45, 7) is 4.05. The Morgan fingerprint density at radius 3 is 2.13 bits per heavy atom. The summed E-state index contributed by atoms with van der Waals surface area (Å²) in [4.78, 5) is 11.1. The second-order valence-electron chi connectivity index (χ2n) is 3.78. The Balaban J connectivity index is 3.70. The second kappa shape index (κ2) is 8.12. The molecule has 0 rings (SSSR count). The van der Waals surface area contributed by atoms with E-state index in [-0.39, 0.29) is 11.9 Å². The molecule has 0 aliphatic rings.